The van der Waals surface area contributed by atoms with Crippen molar-refractivity contribution < 1.29 is 14.6 Å². The van der Waals surface area contributed by atoms with Gasteiger partial charge >= 0.3 is 0 Å². The molecular formula is C15H19NO3. The van der Waals surface area contributed by atoms with E-state index in [1.165, 1.54) is 0 Å². The van der Waals surface area contributed by atoms with Gasteiger partial charge in [0.25, 0.3) is 0 Å². The predicted octanol–water partition coefficient (Wildman–Crippen LogP) is 2.10. The van der Waals surface area contributed by atoms with Crippen LogP contribution in [0.2, 0.25) is 0 Å². The monoisotopic (exact) mass is 261 g/mol. The van der Waals surface area contributed by atoms with Crippen molar-refractivity contribution >= 4 is 11.6 Å². The van der Waals surface area contributed by atoms with E-state index in [4.69, 9.17) is 4.74 Å². The number of nitrogens with zero attached hydrogens (tertiary/aromatic N) is 1. The van der Waals surface area contributed by atoms with Gasteiger partial charge in [0.2, 0.25) is 5.91 Å². The van der Waals surface area contributed by atoms with Gasteiger partial charge in [0, 0.05) is 13.2 Å². The fourth-order valence-corrected chi connectivity index (χ4v) is 3.01. The Hall–Kier alpha value is -1.55. The van der Waals surface area contributed by atoms with Crippen LogP contribution < -0.4 is 4.90 Å². The molecule has 2 aliphatic heterocycles. The number of rotatable bonds is 1. The highest BCUT2D eigenvalue weighted by atomic mass is 16.5. The number of ether oxygens (including phenoxy) is 1. The second-order valence-electron chi connectivity index (χ2n) is 5.29. The molecule has 1 amide bonds. The van der Waals surface area contributed by atoms with E-state index >= 15 is 0 Å². The molecule has 0 aliphatic carbocycles. The molecule has 4 heteroatoms. The van der Waals surface area contributed by atoms with Crippen LogP contribution >= 0.6 is 0 Å². The normalized spacial score (nSPS) is 22.9. The summed E-state index contributed by atoms with van der Waals surface area (Å²) in [7, 11) is 0. The Labute approximate surface area is 113 Å². The minimum Gasteiger partial charge on any atom is -0.506 e. The zero-order chi connectivity index (χ0) is 13.2. The first-order chi connectivity index (χ1) is 9.27. The van der Waals surface area contributed by atoms with Crippen molar-refractivity contribution in [2.75, 3.05) is 24.7 Å². The molecule has 3 rings (SSSR count). The minimum absolute atomic E-state index is 0.0562. The highest BCUT2D eigenvalue weighted by Gasteiger charge is 2.31. The number of carbonyl (C=O) groups is 1. The van der Waals surface area contributed by atoms with Crippen LogP contribution in [0.1, 0.15) is 24.8 Å². The molecule has 1 atom stereocenters. The third-order valence-corrected chi connectivity index (χ3v) is 3.97. The van der Waals surface area contributed by atoms with E-state index < -0.39 is 0 Å². The smallest absolute Gasteiger partial charge is 0.232 e. The van der Waals surface area contributed by atoms with Crippen LogP contribution in [-0.4, -0.2) is 30.8 Å². The molecule has 2 heterocycles. The molecule has 2 aliphatic rings. The van der Waals surface area contributed by atoms with E-state index in [-0.39, 0.29) is 17.6 Å². The van der Waals surface area contributed by atoms with Gasteiger partial charge in [-0.05, 0) is 37.3 Å². The molecule has 1 fully saturated rings. The quantitative estimate of drug-likeness (QED) is 0.842. The standard InChI is InChI=1S/C15H19NO3/c17-13-7-1-4-11-5-2-8-16(14(11)13)15(18)12-6-3-9-19-10-12/h1,4,7,12,17H,2-3,5-6,8-10H2. The van der Waals surface area contributed by atoms with Gasteiger partial charge in [-0.25, -0.2) is 0 Å². The SMILES string of the molecule is O=C(C1CCCOC1)N1CCCc2cccc(O)c21. The number of aryl methyl sites for hydroxylation is 1. The number of hydrogen-bond donors (Lipinski definition) is 1. The van der Waals surface area contributed by atoms with Gasteiger partial charge in [-0.2, -0.15) is 0 Å². The Balaban J connectivity index is 1.88. The van der Waals surface area contributed by atoms with Crippen molar-refractivity contribution in [2.24, 2.45) is 5.92 Å². The molecule has 0 bridgehead atoms. The molecule has 1 aromatic carbocycles. The van der Waals surface area contributed by atoms with Gasteiger partial charge in [-0.15, -0.1) is 0 Å². The summed E-state index contributed by atoms with van der Waals surface area (Å²) in [4.78, 5) is 14.4. The largest absolute Gasteiger partial charge is 0.506 e. The van der Waals surface area contributed by atoms with Gasteiger partial charge in [0.15, 0.2) is 0 Å². The summed E-state index contributed by atoms with van der Waals surface area (Å²) in [6.07, 6.45) is 3.71. The highest BCUT2D eigenvalue weighted by Crippen LogP contribution is 2.36. The first-order valence-corrected chi connectivity index (χ1v) is 6.97. The second-order valence-corrected chi connectivity index (χ2v) is 5.29. The summed E-state index contributed by atoms with van der Waals surface area (Å²) in [5, 5.41) is 10.0. The van der Waals surface area contributed by atoms with Crippen LogP contribution in [0.4, 0.5) is 5.69 Å². The van der Waals surface area contributed by atoms with Crippen LogP contribution in [-0.2, 0) is 16.0 Å². The molecule has 4 nitrogen and oxygen atoms in total. The van der Waals surface area contributed by atoms with Crippen molar-refractivity contribution in [3.63, 3.8) is 0 Å². The van der Waals surface area contributed by atoms with Gasteiger partial charge in [0.05, 0.1) is 18.2 Å². The second kappa shape index (κ2) is 5.21. The highest BCUT2D eigenvalue weighted by molar-refractivity contribution is 5.97. The van der Waals surface area contributed by atoms with Crippen LogP contribution in [0.5, 0.6) is 5.75 Å². The molecule has 1 saturated heterocycles. The molecule has 1 N–H and O–H groups in total. The average Bonchev–Trinajstić information content (AvgIpc) is 2.47. The first-order valence-electron chi connectivity index (χ1n) is 6.97. The Morgan fingerprint density at radius 1 is 1.37 bits per heavy atom. The van der Waals surface area contributed by atoms with Crippen LogP contribution in [0, 0.1) is 5.92 Å². The van der Waals surface area contributed by atoms with E-state index in [1.54, 1.807) is 11.0 Å². The number of anilines is 1. The maximum atomic E-state index is 12.6. The summed E-state index contributed by atoms with van der Waals surface area (Å²) >= 11 is 0. The predicted molar refractivity (Wildman–Crippen MR) is 72.3 cm³/mol. The lowest BCUT2D eigenvalue weighted by atomic mass is 9.96. The van der Waals surface area contributed by atoms with Crippen LogP contribution in [0.15, 0.2) is 18.2 Å². The first kappa shape index (κ1) is 12.5. The van der Waals surface area contributed by atoms with E-state index in [0.29, 0.717) is 18.8 Å². The summed E-state index contributed by atoms with van der Waals surface area (Å²) in [6.45, 7) is 1.96. The van der Waals surface area contributed by atoms with Crippen molar-refractivity contribution in [2.45, 2.75) is 25.7 Å². The van der Waals surface area contributed by atoms with Crippen molar-refractivity contribution in [3.05, 3.63) is 23.8 Å². The number of phenols is 1. The van der Waals surface area contributed by atoms with E-state index in [2.05, 4.69) is 0 Å². The third-order valence-electron chi connectivity index (χ3n) is 3.97. The fraction of sp³-hybridized carbons (Fsp3) is 0.533. The lowest BCUT2D eigenvalue weighted by Crippen LogP contribution is -2.42. The molecule has 0 radical (unpaired) electrons. The Morgan fingerprint density at radius 3 is 3.05 bits per heavy atom. The molecule has 19 heavy (non-hydrogen) atoms. The number of fused-ring (bicyclic) bond motifs is 1. The number of aromatic hydroxyl groups is 1. The van der Waals surface area contributed by atoms with Gasteiger partial charge < -0.3 is 14.7 Å². The topological polar surface area (TPSA) is 49.8 Å². The van der Waals surface area contributed by atoms with Gasteiger partial charge in [-0.3, -0.25) is 4.79 Å². The summed E-state index contributed by atoms with van der Waals surface area (Å²) in [5.74, 6) is 0.253. The van der Waals surface area contributed by atoms with E-state index in [1.807, 2.05) is 12.1 Å². The molecule has 1 unspecified atom stereocenters. The summed E-state index contributed by atoms with van der Waals surface area (Å²) in [5.41, 5.74) is 1.78. The number of amides is 1. The number of para-hydroxylation sites is 1. The molecular weight excluding hydrogens is 242 g/mol. The zero-order valence-corrected chi connectivity index (χ0v) is 11.0. The van der Waals surface area contributed by atoms with Crippen LogP contribution in [0.25, 0.3) is 0 Å². The van der Waals surface area contributed by atoms with E-state index in [0.717, 1.165) is 37.9 Å². The number of phenolic OH excluding ortho intramolecular Hbond substituents is 1. The number of carbonyl (C=O) groups excluding carboxylic acids is 1. The van der Waals surface area contributed by atoms with E-state index in [9.17, 15) is 9.90 Å². The summed E-state index contributed by atoms with van der Waals surface area (Å²) in [6, 6.07) is 5.49. The molecule has 1 aromatic rings. The lowest BCUT2D eigenvalue weighted by molar-refractivity contribution is -0.126. The number of benzene rings is 1. The number of hydrogen-bond acceptors (Lipinski definition) is 3. The van der Waals surface area contributed by atoms with Gasteiger partial charge in [0.1, 0.15) is 5.75 Å². The minimum atomic E-state index is -0.0562. The van der Waals surface area contributed by atoms with Crippen molar-refractivity contribution in [3.8, 4) is 5.75 Å². The summed E-state index contributed by atoms with van der Waals surface area (Å²) < 4.78 is 5.40. The van der Waals surface area contributed by atoms with Gasteiger partial charge in [-0.1, -0.05) is 12.1 Å². The maximum absolute atomic E-state index is 12.6. The molecule has 0 aromatic heterocycles. The van der Waals surface area contributed by atoms with Crippen molar-refractivity contribution in [1.29, 1.82) is 0 Å². The molecule has 0 saturated carbocycles. The lowest BCUT2D eigenvalue weighted by Gasteiger charge is -2.33. The Kier molecular flexibility index (Phi) is 3.42. The Morgan fingerprint density at radius 2 is 2.26 bits per heavy atom. The zero-order valence-electron chi connectivity index (χ0n) is 11.0. The third kappa shape index (κ3) is 2.32. The average molecular weight is 261 g/mol. The van der Waals surface area contributed by atoms with Crippen molar-refractivity contribution in [1.82, 2.24) is 0 Å². The fourth-order valence-electron chi connectivity index (χ4n) is 3.01. The molecule has 0 spiro atoms. The Bertz CT molecular complexity index is 480. The maximum Gasteiger partial charge on any atom is 0.232 e. The molecule has 102 valence electrons. The van der Waals surface area contributed by atoms with Crippen LogP contribution in [0.3, 0.4) is 0 Å².